The summed E-state index contributed by atoms with van der Waals surface area (Å²) in [5, 5.41) is 9.90. The van der Waals surface area contributed by atoms with Gasteiger partial charge in [0.05, 0.1) is 23.0 Å². The zero-order valence-corrected chi connectivity index (χ0v) is 15.1. The monoisotopic (exact) mass is 384 g/mol. The summed E-state index contributed by atoms with van der Waals surface area (Å²) >= 11 is 13.7. The van der Waals surface area contributed by atoms with Gasteiger partial charge in [-0.2, -0.15) is 0 Å². The fourth-order valence-electron chi connectivity index (χ4n) is 2.35. The van der Waals surface area contributed by atoms with Crippen molar-refractivity contribution in [3.8, 4) is 11.4 Å². The minimum Gasteiger partial charge on any atom is -0.395 e. The first kappa shape index (κ1) is 17.3. The maximum absolute atomic E-state index is 12.8. The highest BCUT2D eigenvalue weighted by molar-refractivity contribution is 7.97. The average Bonchev–Trinajstić information content (AvgIpc) is 2.96. The lowest BCUT2D eigenvalue weighted by atomic mass is 10.2. The van der Waals surface area contributed by atoms with E-state index < -0.39 is 0 Å². The number of aliphatic hydroxyl groups excluding tert-OH is 1. The average molecular weight is 385 g/mol. The standard InChI is InChI=1S/C15H14Cl2N4O2S/c1-2-24-21-13(9-4-3-5-10(16)11(9)17)19-14-12(15(21)23)18-8-20(14)6-7-22/h3-5,8,22H,2,6-7H2,1H3. The molecule has 0 bridgehead atoms. The van der Waals surface area contributed by atoms with E-state index in [1.54, 1.807) is 22.8 Å². The SMILES string of the molecule is CCSn1c(-c2cccc(Cl)c2Cl)nc2c(ncn2CCO)c1=O. The molecule has 1 N–H and O–H groups in total. The van der Waals surface area contributed by atoms with E-state index in [2.05, 4.69) is 9.97 Å². The van der Waals surface area contributed by atoms with Crippen LogP contribution in [0.5, 0.6) is 0 Å². The Hall–Kier alpha value is -1.54. The van der Waals surface area contributed by atoms with E-state index in [-0.39, 0.29) is 17.7 Å². The van der Waals surface area contributed by atoms with Crippen LogP contribution in [0.15, 0.2) is 29.3 Å². The molecule has 0 aliphatic carbocycles. The van der Waals surface area contributed by atoms with Crippen molar-refractivity contribution in [3.63, 3.8) is 0 Å². The highest BCUT2D eigenvalue weighted by Crippen LogP contribution is 2.33. The zero-order chi connectivity index (χ0) is 17.3. The molecule has 0 saturated heterocycles. The van der Waals surface area contributed by atoms with Gasteiger partial charge in [0.2, 0.25) is 0 Å². The third-order valence-corrected chi connectivity index (χ3v) is 5.07. The summed E-state index contributed by atoms with van der Waals surface area (Å²) in [6, 6.07) is 5.20. The molecule has 0 aliphatic rings. The lowest BCUT2D eigenvalue weighted by Crippen LogP contribution is -2.20. The predicted molar refractivity (Wildman–Crippen MR) is 97.9 cm³/mol. The number of halogens is 2. The summed E-state index contributed by atoms with van der Waals surface area (Å²) in [6.07, 6.45) is 1.50. The van der Waals surface area contributed by atoms with Crippen molar-refractivity contribution < 1.29 is 5.11 Å². The molecule has 0 amide bonds. The van der Waals surface area contributed by atoms with Gasteiger partial charge >= 0.3 is 0 Å². The number of imidazole rings is 1. The molecule has 2 heterocycles. The largest absolute Gasteiger partial charge is 0.395 e. The van der Waals surface area contributed by atoms with Gasteiger partial charge in [-0.1, -0.05) is 36.2 Å². The van der Waals surface area contributed by atoms with E-state index in [9.17, 15) is 9.90 Å². The van der Waals surface area contributed by atoms with Gasteiger partial charge in [0, 0.05) is 17.9 Å². The van der Waals surface area contributed by atoms with Crippen LogP contribution < -0.4 is 5.56 Å². The molecule has 0 saturated carbocycles. The van der Waals surface area contributed by atoms with Crippen LogP contribution in [-0.2, 0) is 6.54 Å². The van der Waals surface area contributed by atoms with Crippen LogP contribution in [0.2, 0.25) is 10.0 Å². The maximum atomic E-state index is 12.8. The van der Waals surface area contributed by atoms with Gasteiger partial charge < -0.3 is 9.67 Å². The van der Waals surface area contributed by atoms with E-state index in [1.807, 2.05) is 6.92 Å². The van der Waals surface area contributed by atoms with Crippen molar-refractivity contribution in [1.82, 2.24) is 18.5 Å². The number of nitrogens with zero attached hydrogens (tertiary/aromatic N) is 4. The van der Waals surface area contributed by atoms with Crippen molar-refractivity contribution in [2.45, 2.75) is 13.5 Å². The van der Waals surface area contributed by atoms with Crippen LogP contribution >= 0.6 is 35.1 Å². The van der Waals surface area contributed by atoms with Crippen LogP contribution in [0.3, 0.4) is 0 Å². The van der Waals surface area contributed by atoms with Crippen molar-refractivity contribution in [2.24, 2.45) is 0 Å². The first-order valence-electron chi connectivity index (χ1n) is 7.24. The maximum Gasteiger partial charge on any atom is 0.292 e. The molecular formula is C15H14Cl2N4O2S. The van der Waals surface area contributed by atoms with Crippen LogP contribution in [0.1, 0.15) is 6.92 Å². The van der Waals surface area contributed by atoms with Crippen LogP contribution in [0.4, 0.5) is 0 Å². The molecule has 24 heavy (non-hydrogen) atoms. The Morgan fingerprint density at radius 1 is 1.33 bits per heavy atom. The third-order valence-electron chi connectivity index (χ3n) is 3.39. The number of hydrogen-bond donors (Lipinski definition) is 1. The van der Waals surface area contributed by atoms with Crippen molar-refractivity contribution >= 4 is 46.3 Å². The number of benzene rings is 1. The molecule has 126 valence electrons. The molecule has 3 aromatic rings. The normalized spacial score (nSPS) is 11.3. The highest BCUT2D eigenvalue weighted by atomic mass is 35.5. The summed E-state index contributed by atoms with van der Waals surface area (Å²) in [5.41, 5.74) is 0.967. The molecular weight excluding hydrogens is 371 g/mol. The van der Waals surface area contributed by atoms with Gasteiger partial charge in [0.1, 0.15) is 0 Å². The lowest BCUT2D eigenvalue weighted by molar-refractivity contribution is 0.277. The number of hydrogen-bond acceptors (Lipinski definition) is 5. The van der Waals surface area contributed by atoms with E-state index in [1.165, 1.54) is 22.2 Å². The molecule has 2 aromatic heterocycles. The second kappa shape index (κ2) is 7.14. The predicted octanol–water partition coefficient (Wildman–Crippen LogP) is 3.08. The summed E-state index contributed by atoms with van der Waals surface area (Å²) < 4.78 is 3.12. The Labute approximate surface area is 152 Å². The number of fused-ring (bicyclic) bond motifs is 1. The minimum absolute atomic E-state index is 0.0762. The molecule has 6 nitrogen and oxygen atoms in total. The number of aromatic nitrogens is 4. The first-order chi connectivity index (χ1) is 11.6. The summed E-state index contributed by atoms with van der Waals surface area (Å²) in [4.78, 5) is 21.5. The molecule has 0 spiro atoms. The van der Waals surface area contributed by atoms with E-state index in [4.69, 9.17) is 23.2 Å². The Morgan fingerprint density at radius 3 is 2.83 bits per heavy atom. The van der Waals surface area contributed by atoms with E-state index in [0.29, 0.717) is 39.4 Å². The fourth-order valence-corrected chi connectivity index (χ4v) is 3.46. The quantitative estimate of drug-likeness (QED) is 0.731. The molecule has 9 heteroatoms. The second-order valence-electron chi connectivity index (χ2n) is 4.89. The topological polar surface area (TPSA) is 72.9 Å². The molecule has 3 rings (SSSR count). The Bertz CT molecular complexity index is 955. The van der Waals surface area contributed by atoms with Crippen LogP contribution in [0.25, 0.3) is 22.6 Å². The van der Waals surface area contributed by atoms with E-state index >= 15 is 0 Å². The molecule has 0 unspecified atom stereocenters. The fraction of sp³-hybridized carbons (Fsp3) is 0.267. The molecule has 0 atom stereocenters. The molecule has 0 aliphatic heterocycles. The summed E-state index contributed by atoms with van der Waals surface area (Å²) in [5.74, 6) is 1.09. The molecule has 0 radical (unpaired) electrons. The number of rotatable bonds is 5. The van der Waals surface area contributed by atoms with Crippen molar-refractivity contribution in [3.05, 3.63) is 44.9 Å². The Kier molecular flexibility index (Phi) is 5.15. The Morgan fingerprint density at radius 2 is 2.12 bits per heavy atom. The van der Waals surface area contributed by atoms with Crippen LogP contribution in [-0.4, -0.2) is 36.0 Å². The summed E-state index contributed by atoms with van der Waals surface area (Å²) in [7, 11) is 0. The van der Waals surface area contributed by atoms with Gasteiger partial charge in [-0.25, -0.2) is 13.9 Å². The Balaban J connectivity index is 2.36. The zero-order valence-electron chi connectivity index (χ0n) is 12.7. The van der Waals surface area contributed by atoms with Gasteiger partial charge in [-0.05, 0) is 24.1 Å². The highest BCUT2D eigenvalue weighted by Gasteiger charge is 2.19. The van der Waals surface area contributed by atoms with Gasteiger partial charge in [0.15, 0.2) is 17.0 Å². The molecule has 0 fully saturated rings. The smallest absolute Gasteiger partial charge is 0.292 e. The van der Waals surface area contributed by atoms with Gasteiger partial charge in [0.25, 0.3) is 5.56 Å². The van der Waals surface area contributed by atoms with Gasteiger partial charge in [-0.3, -0.25) is 4.79 Å². The second-order valence-corrected chi connectivity index (χ2v) is 6.87. The van der Waals surface area contributed by atoms with Crippen molar-refractivity contribution in [1.29, 1.82) is 0 Å². The molecule has 1 aromatic carbocycles. The number of aliphatic hydroxyl groups is 1. The first-order valence-corrected chi connectivity index (χ1v) is 8.94. The van der Waals surface area contributed by atoms with Gasteiger partial charge in [-0.15, -0.1) is 0 Å². The minimum atomic E-state index is -0.269. The van der Waals surface area contributed by atoms with Crippen LogP contribution in [0, 0.1) is 0 Å². The van der Waals surface area contributed by atoms with E-state index in [0.717, 1.165) is 0 Å². The third kappa shape index (κ3) is 2.93. The lowest BCUT2D eigenvalue weighted by Gasteiger charge is -2.12. The van der Waals surface area contributed by atoms with Crippen molar-refractivity contribution in [2.75, 3.05) is 12.4 Å². The summed E-state index contributed by atoms with van der Waals surface area (Å²) in [6.45, 7) is 2.17.